The zero-order valence-electron chi connectivity index (χ0n) is 12.1. The predicted molar refractivity (Wildman–Crippen MR) is 84.9 cm³/mol. The lowest BCUT2D eigenvalue weighted by Crippen LogP contribution is -2.51. The Hall–Kier alpha value is -1.99. The van der Waals surface area contributed by atoms with E-state index in [2.05, 4.69) is 14.9 Å². The SMILES string of the molecule is O=C1N(c2ccccn2)C[C@H]2CN(Cc3nccs3)CCN12. The standard InChI is InChI=1S/C15H17N5OS/c21-15-19-7-6-18(11-14-17-5-8-22-14)9-12(19)10-20(15)13-3-1-2-4-16-13/h1-5,8,12H,6-7,9-11H2/t12-/m1/s1. The van der Waals surface area contributed by atoms with Crippen LogP contribution in [0, 0.1) is 0 Å². The van der Waals surface area contributed by atoms with E-state index in [1.165, 1.54) is 0 Å². The lowest BCUT2D eigenvalue weighted by Gasteiger charge is -2.35. The lowest BCUT2D eigenvalue weighted by atomic mass is 10.2. The van der Waals surface area contributed by atoms with Gasteiger partial charge in [-0.3, -0.25) is 9.80 Å². The summed E-state index contributed by atoms with van der Waals surface area (Å²) >= 11 is 1.69. The number of amides is 2. The van der Waals surface area contributed by atoms with Gasteiger partial charge in [-0.1, -0.05) is 6.07 Å². The molecule has 2 saturated heterocycles. The molecule has 4 rings (SSSR count). The minimum Gasteiger partial charge on any atom is -0.317 e. The number of rotatable bonds is 3. The van der Waals surface area contributed by atoms with Crippen molar-refractivity contribution < 1.29 is 4.79 Å². The molecule has 2 aliphatic heterocycles. The molecule has 4 heterocycles. The van der Waals surface area contributed by atoms with Crippen LogP contribution in [0.1, 0.15) is 5.01 Å². The molecule has 114 valence electrons. The summed E-state index contributed by atoms with van der Waals surface area (Å²) < 4.78 is 0. The second-order valence-electron chi connectivity index (χ2n) is 5.59. The third-order valence-corrected chi connectivity index (χ3v) is 4.97. The van der Waals surface area contributed by atoms with Crippen LogP contribution in [0.3, 0.4) is 0 Å². The van der Waals surface area contributed by atoms with Gasteiger partial charge in [-0.2, -0.15) is 0 Å². The van der Waals surface area contributed by atoms with Crippen molar-refractivity contribution in [1.82, 2.24) is 19.8 Å². The molecule has 0 saturated carbocycles. The molecule has 2 aliphatic rings. The zero-order valence-corrected chi connectivity index (χ0v) is 12.9. The molecule has 0 radical (unpaired) electrons. The van der Waals surface area contributed by atoms with Crippen LogP contribution in [0.5, 0.6) is 0 Å². The Kier molecular flexibility index (Phi) is 3.51. The number of piperazine rings is 1. The molecule has 7 heteroatoms. The van der Waals surface area contributed by atoms with Gasteiger partial charge in [-0.15, -0.1) is 11.3 Å². The van der Waals surface area contributed by atoms with E-state index in [9.17, 15) is 4.79 Å². The molecule has 1 atom stereocenters. The number of fused-ring (bicyclic) bond motifs is 1. The number of pyridine rings is 1. The monoisotopic (exact) mass is 315 g/mol. The summed E-state index contributed by atoms with van der Waals surface area (Å²) in [6.45, 7) is 4.16. The van der Waals surface area contributed by atoms with E-state index in [0.29, 0.717) is 6.54 Å². The number of aromatic nitrogens is 2. The van der Waals surface area contributed by atoms with Gasteiger partial charge in [0.2, 0.25) is 0 Å². The first-order chi connectivity index (χ1) is 10.8. The molecule has 0 N–H and O–H groups in total. The van der Waals surface area contributed by atoms with Crippen molar-refractivity contribution in [3.63, 3.8) is 0 Å². The van der Waals surface area contributed by atoms with Crippen molar-refractivity contribution in [2.45, 2.75) is 12.6 Å². The maximum absolute atomic E-state index is 12.5. The highest BCUT2D eigenvalue weighted by Crippen LogP contribution is 2.25. The molecule has 6 nitrogen and oxygen atoms in total. The van der Waals surface area contributed by atoms with Crippen LogP contribution in [0.2, 0.25) is 0 Å². The molecular weight excluding hydrogens is 298 g/mol. The highest BCUT2D eigenvalue weighted by Gasteiger charge is 2.41. The third kappa shape index (κ3) is 2.46. The highest BCUT2D eigenvalue weighted by molar-refractivity contribution is 7.09. The molecule has 22 heavy (non-hydrogen) atoms. The number of thiazole rings is 1. The minimum absolute atomic E-state index is 0.0811. The fourth-order valence-electron chi connectivity index (χ4n) is 3.14. The Morgan fingerprint density at radius 3 is 2.91 bits per heavy atom. The topological polar surface area (TPSA) is 52.6 Å². The van der Waals surface area contributed by atoms with E-state index in [-0.39, 0.29) is 12.1 Å². The van der Waals surface area contributed by atoms with Crippen LogP contribution in [0.25, 0.3) is 0 Å². The Balaban J connectivity index is 1.46. The zero-order chi connectivity index (χ0) is 14.9. The van der Waals surface area contributed by atoms with E-state index in [0.717, 1.165) is 37.0 Å². The first-order valence-electron chi connectivity index (χ1n) is 7.41. The van der Waals surface area contributed by atoms with E-state index in [1.807, 2.05) is 34.7 Å². The van der Waals surface area contributed by atoms with Gasteiger partial charge in [0, 0.05) is 37.4 Å². The summed E-state index contributed by atoms with van der Waals surface area (Å²) in [5.74, 6) is 0.744. The summed E-state index contributed by atoms with van der Waals surface area (Å²) in [6.07, 6.45) is 3.58. The van der Waals surface area contributed by atoms with Crippen LogP contribution in [-0.4, -0.2) is 58.0 Å². The number of hydrogen-bond acceptors (Lipinski definition) is 5. The number of carbonyl (C=O) groups excluding carboxylic acids is 1. The van der Waals surface area contributed by atoms with Crippen LogP contribution >= 0.6 is 11.3 Å². The summed E-state index contributed by atoms with van der Waals surface area (Å²) in [6, 6.07) is 6.00. The maximum atomic E-state index is 12.5. The Labute approximate surface area is 133 Å². The highest BCUT2D eigenvalue weighted by atomic mass is 32.1. The van der Waals surface area contributed by atoms with Gasteiger partial charge in [-0.05, 0) is 12.1 Å². The molecule has 0 unspecified atom stereocenters. The smallest absolute Gasteiger partial charge is 0.317 e. The van der Waals surface area contributed by atoms with Gasteiger partial charge < -0.3 is 4.90 Å². The molecule has 0 aromatic carbocycles. The van der Waals surface area contributed by atoms with Crippen LogP contribution in [0.4, 0.5) is 10.6 Å². The molecule has 2 fully saturated rings. The van der Waals surface area contributed by atoms with Crippen LogP contribution in [-0.2, 0) is 6.54 Å². The minimum atomic E-state index is 0.0811. The van der Waals surface area contributed by atoms with Crippen molar-refractivity contribution in [2.24, 2.45) is 0 Å². The van der Waals surface area contributed by atoms with Crippen LogP contribution < -0.4 is 4.90 Å². The average Bonchev–Trinajstić information content (AvgIpc) is 3.16. The molecule has 0 spiro atoms. The van der Waals surface area contributed by atoms with Gasteiger partial charge >= 0.3 is 6.03 Å². The molecule has 0 bridgehead atoms. The second kappa shape index (κ2) is 5.66. The molecule has 2 aromatic rings. The Bertz CT molecular complexity index is 647. The van der Waals surface area contributed by atoms with Crippen molar-refractivity contribution in [1.29, 1.82) is 0 Å². The van der Waals surface area contributed by atoms with Crippen molar-refractivity contribution >= 4 is 23.2 Å². The quantitative estimate of drug-likeness (QED) is 0.864. The largest absolute Gasteiger partial charge is 0.326 e. The third-order valence-electron chi connectivity index (χ3n) is 4.20. The first-order valence-corrected chi connectivity index (χ1v) is 8.29. The number of anilines is 1. The van der Waals surface area contributed by atoms with E-state index in [1.54, 1.807) is 22.4 Å². The van der Waals surface area contributed by atoms with E-state index in [4.69, 9.17) is 0 Å². The molecule has 0 aliphatic carbocycles. The first kappa shape index (κ1) is 13.7. The van der Waals surface area contributed by atoms with Gasteiger partial charge in [0.25, 0.3) is 0 Å². The van der Waals surface area contributed by atoms with Gasteiger partial charge in [0.15, 0.2) is 0 Å². The Morgan fingerprint density at radius 1 is 1.18 bits per heavy atom. The van der Waals surface area contributed by atoms with Crippen molar-refractivity contribution in [3.8, 4) is 0 Å². The predicted octanol–water partition coefficient (Wildman–Crippen LogP) is 1.66. The van der Waals surface area contributed by atoms with Crippen LogP contribution in [0.15, 0.2) is 36.0 Å². The molecular formula is C15H17N5OS. The fourth-order valence-corrected chi connectivity index (χ4v) is 3.80. The van der Waals surface area contributed by atoms with Gasteiger partial charge in [-0.25, -0.2) is 14.8 Å². The number of carbonyl (C=O) groups is 1. The number of urea groups is 1. The lowest BCUT2D eigenvalue weighted by molar-refractivity contribution is 0.116. The Morgan fingerprint density at radius 2 is 2.14 bits per heavy atom. The number of hydrogen-bond donors (Lipinski definition) is 0. The molecule has 2 aromatic heterocycles. The molecule has 2 amide bonds. The van der Waals surface area contributed by atoms with Crippen molar-refractivity contribution in [2.75, 3.05) is 31.1 Å². The normalized spacial score (nSPS) is 22.2. The summed E-state index contributed by atoms with van der Waals surface area (Å²) in [7, 11) is 0. The summed E-state index contributed by atoms with van der Waals surface area (Å²) in [4.78, 5) is 27.4. The second-order valence-corrected chi connectivity index (χ2v) is 6.57. The summed E-state index contributed by atoms with van der Waals surface area (Å²) in [5.41, 5.74) is 0. The average molecular weight is 315 g/mol. The number of nitrogens with zero attached hydrogens (tertiary/aromatic N) is 5. The van der Waals surface area contributed by atoms with Gasteiger partial charge in [0.1, 0.15) is 10.8 Å². The van der Waals surface area contributed by atoms with E-state index >= 15 is 0 Å². The maximum Gasteiger partial charge on any atom is 0.326 e. The van der Waals surface area contributed by atoms with Crippen molar-refractivity contribution in [3.05, 3.63) is 41.0 Å². The van der Waals surface area contributed by atoms with Gasteiger partial charge in [0.05, 0.1) is 19.1 Å². The summed E-state index contributed by atoms with van der Waals surface area (Å²) in [5, 5.41) is 3.15. The van der Waals surface area contributed by atoms with E-state index < -0.39 is 0 Å². The fraction of sp³-hybridized carbons (Fsp3) is 0.400.